The van der Waals surface area contributed by atoms with Crippen LogP contribution in [0.4, 0.5) is 0 Å². The lowest BCUT2D eigenvalue weighted by Gasteiger charge is -2.19. The van der Waals surface area contributed by atoms with Crippen LogP contribution in [0.25, 0.3) is 11.2 Å². The van der Waals surface area contributed by atoms with E-state index in [1.54, 1.807) is 13.2 Å². The topological polar surface area (TPSA) is 60.2 Å². The highest BCUT2D eigenvalue weighted by Crippen LogP contribution is 2.29. The number of carbonyl (C=O) groups excluding carboxylic acids is 1. The van der Waals surface area contributed by atoms with Gasteiger partial charge >= 0.3 is 0 Å². The first-order valence-electron chi connectivity index (χ1n) is 9.46. The first kappa shape index (κ1) is 17.5. The first-order chi connectivity index (χ1) is 13.2. The highest BCUT2D eigenvalue weighted by Gasteiger charge is 2.30. The number of ether oxygens (including phenoxy) is 1. The molecule has 1 saturated heterocycles. The lowest BCUT2D eigenvalue weighted by molar-refractivity contribution is 0.0787. The lowest BCUT2D eigenvalue weighted by Crippen LogP contribution is -2.29. The molecular weight excluding hydrogens is 340 g/mol. The number of hydrogen-bond acceptors (Lipinski definition) is 4. The maximum absolute atomic E-state index is 12.9. The normalized spacial score (nSPS) is 16.8. The summed E-state index contributed by atoms with van der Waals surface area (Å²) in [7, 11) is 1.61. The van der Waals surface area contributed by atoms with Crippen molar-refractivity contribution in [3.63, 3.8) is 0 Å². The van der Waals surface area contributed by atoms with E-state index in [0.717, 1.165) is 42.8 Å². The van der Waals surface area contributed by atoms with Gasteiger partial charge in [-0.25, -0.2) is 9.97 Å². The Morgan fingerprint density at radius 2 is 2.19 bits per heavy atom. The van der Waals surface area contributed by atoms with Gasteiger partial charge in [0.15, 0.2) is 5.65 Å². The monoisotopic (exact) mass is 364 g/mol. The van der Waals surface area contributed by atoms with Crippen LogP contribution in [0.1, 0.15) is 42.0 Å². The van der Waals surface area contributed by atoms with Crippen molar-refractivity contribution in [3.05, 3.63) is 54.0 Å². The van der Waals surface area contributed by atoms with Gasteiger partial charge < -0.3 is 14.2 Å². The summed E-state index contributed by atoms with van der Waals surface area (Å²) in [6, 6.07) is 11.5. The third-order valence-electron chi connectivity index (χ3n) is 5.13. The average Bonchev–Trinajstić information content (AvgIpc) is 3.32. The molecule has 1 unspecified atom stereocenters. The van der Waals surface area contributed by atoms with Gasteiger partial charge in [-0.3, -0.25) is 4.79 Å². The summed E-state index contributed by atoms with van der Waals surface area (Å²) in [5.41, 5.74) is 2.51. The predicted molar refractivity (Wildman–Crippen MR) is 104 cm³/mol. The van der Waals surface area contributed by atoms with E-state index < -0.39 is 0 Å². The van der Waals surface area contributed by atoms with Crippen molar-refractivity contribution in [2.24, 2.45) is 0 Å². The standard InChI is InChI=1S/C21H24N4O2/c1-3-6-19-23-18-9-5-11-22-20(18)25(19)16-10-12-24(14-16)21(26)15-7-4-8-17(13-15)27-2/h4-5,7-9,11,13,16H,3,6,10,12,14H2,1-2H3. The Balaban J connectivity index is 1.60. The molecule has 3 aromatic rings. The summed E-state index contributed by atoms with van der Waals surface area (Å²) in [6.45, 7) is 3.57. The summed E-state index contributed by atoms with van der Waals surface area (Å²) >= 11 is 0. The number of methoxy groups -OCH3 is 1. The zero-order valence-electron chi connectivity index (χ0n) is 15.8. The predicted octanol–water partition coefficient (Wildman–Crippen LogP) is 3.48. The van der Waals surface area contributed by atoms with Crippen molar-refractivity contribution in [3.8, 4) is 5.75 Å². The van der Waals surface area contributed by atoms with E-state index in [2.05, 4.69) is 16.5 Å². The molecule has 0 bridgehead atoms. The molecule has 0 saturated carbocycles. The number of likely N-dealkylation sites (tertiary alicyclic amines) is 1. The number of fused-ring (bicyclic) bond motifs is 1. The van der Waals surface area contributed by atoms with Crippen molar-refractivity contribution in [1.82, 2.24) is 19.4 Å². The van der Waals surface area contributed by atoms with Gasteiger partial charge in [0.1, 0.15) is 17.1 Å². The second-order valence-corrected chi connectivity index (χ2v) is 6.92. The molecule has 1 aliphatic heterocycles. The van der Waals surface area contributed by atoms with Gasteiger partial charge in [-0.1, -0.05) is 13.0 Å². The minimum Gasteiger partial charge on any atom is -0.497 e. The molecule has 1 atom stereocenters. The highest BCUT2D eigenvalue weighted by atomic mass is 16.5. The summed E-state index contributed by atoms with van der Waals surface area (Å²) in [6.07, 6.45) is 4.66. The largest absolute Gasteiger partial charge is 0.497 e. The van der Waals surface area contributed by atoms with Crippen molar-refractivity contribution >= 4 is 17.1 Å². The van der Waals surface area contributed by atoms with Crippen LogP contribution < -0.4 is 4.74 Å². The molecule has 27 heavy (non-hydrogen) atoms. The molecule has 140 valence electrons. The van der Waals surface area contributed by atoms with Crippen LogP contribution in [0.5, 0.6) is 5.75 Å². The Hall–Kier alpha value is -2.89. The molecule has 2 aromatic heterocycles. The van der Waals surface area contributed by atoms with E-state index >= 15 is 0 Å². The molecule has 0 aliphatic carbocycles. The second-order valence-electron chi connectivity index (χ2n) is 6.92. The molecule has 1 fully saturated rings. The second kappa shape index (κ2) is 7.39. The Labute approximate surface area is 158 Å². The molecule has 0 radical (unpaired) electrons. The van der Waals surface area contributed by atoms with Crippen molar-refractivity contribution in [1.29, 1.82) is 0 Å². The number of hydrogen-bond donors (Lipinski definition) is 0. The third-order valence-corrected chi connectivity index (χ3v) is 5.13. The minimum absolute atomic E-state index is 0.0471. The van der Waals surface area contributed by atoms with Gasteiger partial charge in [0.25, 0.3) is 5.91 Å². The molecule has 1 aromatic carbocycles. The average molecular weight is 364 g/mol. The molecular formula is C21H24N4O2. The maximum Gasteiger partial charge on any atom is 0.254 e. The van der Waals surface area contributed by atoms with Gasteiger partial charge in [0.2, 0.25) is 0 Å². The van der Waals surface area contributed by atoms with Crippen molar-refractivity contribution < 1.29 is 9.53 Å². The molecule has 3 heterocycles. The highest BCUT2D eigenvalue weighted by molar-refractivity contribution is 5.94. The number of amides is 1. The minimum atomic E-state index is 0.0471. The SMILES string of the molecule is CCCc1nc2cccnc2n1C1CCN(C(=O)c2cccc(OC)c2)C1. The van der Waals surface area contributed by atoms with Gasteiger partial charge in [0.05, 0.1) is 13.2 Å². The Morgan fingerprint density at radius 3 is 3.00 bits per heavy atom. The number of imidazole rings is 1. The Kier molecular flexibility index (Phi) is 4.79. The van der Waals surface area contributed by atoms with Crippen LogP contribution in [0.3, 0.4) is 0 Å². The van der Waals surface area contributed by atoms with Gasteiger partial charge in [0, 0.05) is 31.3 Å². The number of rotatable bonds is 5. The fourth-order valence-electron chi connectivity index (χ4n) is 3.84. The molecule has 1 aliphatic rings. The first-order valence-corrected chi connectivity index (χ1v) is 9.46. The molecule has 0 N–H and O–H groups in total. The van der Waals surface area contributed by atoms with Crippen LogP contribution in [-0.2, 0) is 6.42 Å². The van der Waals surface area contributed by atoms with E-state index in [9.17, 15) is 4.79 Å². The lowest BCUT2D eigenvalue weighted by atomic mass is 10.2. The van der Waals surface area contributed by atoms with Gasteiger partial charge in [-0.15, -0.1) is 0 Å². The summed E-state index contributed by atoms with van der Waals surface area (Å²) < 4.78 is 7.49. The van der Waals surface area contributed by atoms with E-state index in [1.165, 1.54) is 0 Å². The van der Waals surface area contributed by atoms with Crippen LogP contribution in [0.2, 0.25) is 0 Å². The van der Waals surface area contributed by atoms with Crippen molar-refractivity contribution in [2.75, 3.05) is 20.2 Å². The molecule has 6 heteroatoms. The summed E-state index contributed by atoms with van der Waals surface area (Å²) in [5, 5.41) is 0. The smallest absolute Gasteiger partial charge is 0.254 e. The van der Waals surface area contributed by atoms with E-state index in [1.807, 2.05) is 41.4 Å². The zero-order chi connectivity index (χ0) is 18.8. The third kappa shape index (κ3) is 3.27. The fourth-order valence-corrected chi connectivity index (χ4v) is 3.84. The number of benzene rings is 1. The van der Waals surface area contributed by atoms with E-state index in [-0.39, 0.29) is 11.9 Å². The number of carbonyl (C=O) groups is 1. The maximum atomic E-state index is 12.9. The molecule has 6 nitrogen and oxygen atoms in total. The fraction of sp³-hybridized carbons (Fsp3) is 0.381. The zero-order valence-corrected chi connectivity index (χ0v) is 15.8. The Morgan fingerprint density at radius 1 is 1.30 bits per heavy atom. The van der Waals surface area contributed by atoms with Crippen LogP contribution >= 0.6 is 0 Å². The van der Waals surface area contributed by atoms with E-state index in [4.69, 9.17) is 9.72 Å². The summed E-state index contributed by atoms with van der Waals surface area (Å²) in [5.74, 6) is 1.81. The van der Waals surface area contributed by atoms with Gasteiger partial charge in [-0.2, -0.15) is 0 Å². The number of nitrogens with zero attached hydrogens (tertiary/aromatic N) is 4. The van der Waals surface area contributed by atoms with Gasteiger partial charge in [-0.05, 0) is 43.2 Å². The number of aryl methyl sites for hydroxylation is 1. The Bertz CT molecular complexity index is 966. The van der Waals surface area contributed by atoms with Crippen LogP contribution in [0, 0.1) is 0 Å². The van der Waals surface area contributed by atoms with Crippen LogP contribution in [0.15, 0.2) is 42.6 Å². The molecule has 1 amide bonds. The van der Waals surface area contributed by atoms with Crippen LogP contribution in [-0.4, -0.2) is 45.5 Å². The molecule has 0 spiro atoms. The number of aromatic nitrogens is 3. The van der Waals surface area contributed by atoms with Crippen molar-refractivity contribution in [2.45, 2.75) is 32.2 Å². The quantitative estimate of drug-likeness (QED) is 0.695. The molecule has 4 rings (SSSR count). The number of pyridine rings is 1. The summed E-state index contributed by atoms with van der Waals surface area (Å²) in [4.78, 5) is 24.2. The van der Waals surface area contributed by atoms with E-state index in [0.29, 0.717) is 17.9 Å².